The molecular weight excluding hydrogens is 204 g/mol. The number of allylic oxidation sites excluding steroid dienone is 2. The predicted octanol–water partition coefficient (Wildman–Crippen LogP) is 1.52. The van der Waals surface area contributed by atoms with Gasteiger partial charge in [0.2, 0.25) is 0 Å². The van der Waals surface area contributed by atoms with Gasteiger partial charge in [0.25, 0.3) is 0 Å². The first kappa shape index (κ1) is 9.03. The van der Waals surface area contributed by atoms with Gasteiger partial charge in [0.1, 0.15) is 17.2 Å². The van der Waals surface area contributed by atoms with Crippen molar-refractivity contribution in [2.45, 2.75) is 6.42 Å². The van der Waals surface area contributed by atoms with E-state index < -0.39 is 0 Å². The molecule has 3 rings (SSSR count). The van der Waals surface area contributed by atoms with E-state index in [4.69, 9.17) is 10.5 Å². The summed E-state index contributed by atoms with van der Waals surface area (Å²) in [6.07, 6.45) is 2.05. The van der Waals surface area contributed by atoms with Crippen molar-refractivity contribution in [3.63, 3.8) is 0 Å². The van der Waals surface area contributed by atoms with E-state index in [9.17, 15) is 4.79 Å². The van der Waals surface area contributed by atoms with E-state index in [1.165, 1.54) is 0 Å². The molecule has 1 aromatic carbocycles. The first-order chi connectivity index (χ1) is 7.75. The van der Waals surface area contributed by atoms with Crippen LogP contribution >= 0.6 is 0 Å². The molecule has 0 spiro atoms. The van der Waals surface area contributed by atoms with Gasteiger partial charge < -0.3 is 15.8 Å². The average molecular weight is 214 g/mol. The second-order valence-electron chi connectivity index (χ2n) is 3.71. The fourth-order valence-electron chi connectivity index (χ4n) is 1.80. The summed E-state index contributed by atoms with van der Waals surface area (Å²) in [4.78, 5) is 11.4. The highest BCUT2D eigenvalue weighted by molar-refractivity contribution is 5.99. The van der Waals surface area contributed by atoms with Crippen molar-refractivity contribution in [3.05, 3.63) is 47.5 Å². The van der Waals surface area contributed by atoms with Crippen LogP contribution in [0.5, 0.6) is 5.75 Å². The number of benzene rings is 1. The number of rotatable bonds is 0. The number of carbonyl (C=O) groups is 1. The maximum atomic E-state index is 11.4. The number of fused-ring (bicyclic) bond motifs is 2. The Balaban J connectivity index is 2.13. The summed E-state index contributed by atoms with van der Waals surface area (Å²) >= 11 is 0. The Morgan fingerprint density at radius 1 is 1.31 bits per heavy atom. The lowest BCUT2D eigenvalue weighted by molar-refractivity contribution is -0.115. The maximum absolute atomic E-state index is 11.4. The summed E-state index contributed by atoms with van der Waals surface area (Å²) in [5.74, 6) is 1.31. The Morgan fingerprint density at radius 2 is 2.12 bits per heavy atom. The zero-order valence-corrected chi connectivity index (χ0v) is 8.49. The molecule has 0 aromatic heterocycles. The normalized spacial score (nSPS) is 18.0. The third kappa shape index (κ3) is 1.20. The first-order valence-corrected chi connectivity index (χ1v) is 5.03. The van der Waals surface area contributed by atoms with Crippen LogP contribution in [-0.4, -0.2) is 5.78 Å². The number of ketones is 1. The summed E-state index contributed by atoms with van der Waals surface area (Å²) < 4.78 is 5.66. The standard InChI is InChI=1S/C12H10N2O2/c13-11-8(15)5-6-10-12(11)14-7-3-1-2-4-9(7)16-10/h1-4,6,14H,5,13H2. The molecule has 0 atom stereocenters. The maximum Gasteiger partial charge on any atom is 0.184 e. The van der Waals surface area contributed by atoms with Gasteiger partial charge in [0, 0.05) is 6.42 Å². The number of carbonyl (C=O) groups excluding carboxylic acids is 1. The molecule has 0 radical (unpaired) electrons. The summed E-state index contributed by atoms with van der Waals surface area (Å²) in [6.45, 7) is 0. The van der Waals surface area contributed by atoms with Gasteiger partial charge in [-0.25, -0.2) is 0 Å². The highest BCUT2D eigenvalue weighted by Gasteiger charge is 2.26. The SMILES string of the molecule is NC1=C2Nc3ccccc3OC2=CCC1=O. The van der Waals surface area contributed by atoms with Gasteiger partial charge >= 0.3 is 0 Å². The fourth-order valence-corrected chi connectivity index (χ4v) is 1.80. The van der Waals surface area contributed by atoms with Crippen molar-refractivity contribution < 1.29 is 9.53 Å². The molecule has 80 valence electrons. The van der Waals surface area contributed by atoms with Gasteiger partial charge in [-0.1, -0.05) is 12.1 Å². The van der Waals surface area contributed by atoms with Gasteiger partial charge in [-0.3, -0.25) is 4.79 Å². The van der Waals surface area contributed by atoms with Gasteiger partial charge in [0.15, 0.2) is 11.5 Å². The topological polar surface area (TPSA) is 64.3 Å². The minimum atomic E-state index is -0.0748. The molecule has 1 aliphatic heterocycles. The molecule has 0 bridgehead atoms. The second kappa shape index (κ2) is 3.13. The number of hydrogen-bond acceptors (Lipinski definition) is 4. The lowest BCUT2D eigenvalue weighted by Gasteiger charge is -2.26. The molecule has 0 fully saturated rings. The zero-order valence-electron chi connectivity index (χ0n) is 8.49. The quantitative estimate of drug-likeness (QED) is 0.687. The van der Waals surface area contributed by atoms with Crippen LogP contribution in [0.1, 0.15) is 6.42 Å². The molecular formula is C12H10N2O2. The summed E-state index contributed by atoms with van der Waals surface area (Å²) in [7, 11) is 0. The van der Waals surface area contributed by atoms with Crippen molar-refractivity contribution in [2.75, 3.05) is 5.32 Å². The van der Waals surface area contributed by atoms with Crippen LogP contribution < -0.4 is 15.8 Å². The van der Waals surface area contributed by atoms with Crippen molar-refractivity contribution in [1.29, 1.82) is 0 Å². The molecule has 0 unspecified atom stereocenters. The summed E-state index contributed by atoms with van der Waals surface area (Å²) in [6, 6.07) is 7.54. The largest absolute Gasteiger partial charge is 0.453 e. The minimum absolute atomic E-state index is 0.0748. The monoisotopic (exact) mass is 214 g/mol. The van der Waals surface area contributed by atoms with E-state index in [0.29, 0.717) is 17.9 Å². The van der Waals surface area contributed by atoms with Crippen molar-refractivity contribution >= 4 is 11.5 Å². The number of nitrogens with one attached hydrogen (secondary N) is 1. The van der Waals surface area contributed by atoms with Crippen molar-refractivity contribution in [2.24, 2.45) is 5.73 Å². The molecule has 1 heterocycles. The first-order valence-electron chi connectivity index (χ1n) is 5.03. The van der Waals surface area contributed by atoms with Gasteiger partial charge in [-0.15, -0.1) is 0 Å². The zero-order chi connectivity index (χ0) is 11.1. The van der Waals surface area contributed by atoms with Crippen LogP contribution in [0.3, 0.4) is 0 Å². The fraction of sp³-hybridized carbons (Fsp3) is 0.0833. The second-order valence-corrected chi connectivity index (χ2v) is 3.71. The molecule has 0 amide bonds. The molecule has 4 nitrogen and oxygen atoms in total. The Labute approximate surface area is 92.4 Å². The van der Waals surface area contributed by atoms with E-state index >= 15 is 0 Å². The van der Waals surface area contributed by atoms with Gasteiger partial charge in [-0.2, -0.15) is 0 Å². The van der Waals surface area contributed by atoms with E-state index in [1.807, 2.05) is 24.3 Å². The molecule has 16 heavy (non-hydrogen) atoms. The summed E-state index contributed by atoms with van der Waals surface area (Å²) in [5.41, 5.74) is 7.38. The molecule has 2 aliphatic rings. The average Bonchev–Trinajstić information content (AvgIpc) is 2.32. The van der Waals surface area contributed by atoms with E-state index in [1.54, 1.807) is 6.08 Å². The molecule has 0 saturated heterocycles. The smallest absolute Gasteiger partial charge is 0.184 e. The van der Waals surface area contributed by atoms with Crippen LogP contribution in [0.4, 0.5) is 5.69 Å². The lowest BCUT2D eigenvalue weighted by atomic mass is 10.0. The number of ether oxygens (including phenoxy) is 1. The number of hydrogen-bond donors (Lipinski definition) is 2. The highest BCUT2D eigenvalue weighted by Crippen LogP contribution is 2.36. The summed E-state index contributed by atoms with van der Waals surface area (Å²) in [5, 5.41) is 3.12. The Bertz CT molecular complexity index is 544. The number of nitrogens with two attached hydrogens (primary N) is 1. The minimum Gasteiger partial charge on any atom is -0.453 e. The molecule has 1 aliphatic carbocycles. The van der Waals surface area contributed by atoms with Crippen molar-refractivity contribution in [3.8, 4) is 5.75 Å². The van der Waals surface area contributed by atoms with Crippen molar-refractivity contribution in [1.82, 2.24) is 0 Å². The van der Waals surface area contributed by atoms with E-state index in [0.717, 1.165) is 11.4 Å². The molecule has 1 aromatic rings. The number of Topliss-reactive ketones (excluding diaryl/α,β-unsaturated/α-hetero) is 1. The predicted molar refractivity (Wildman–Crippen MR) is 59.6 cm³/mol. The Kier molecular flexibility index (Phi) is 1.77. The van der Waals surface area contributed by atoms with Crippen LogP contribution in [0, 0.1) is 0 Å². The number of anilines is 1. The van der Waals surface area contributed by atoms with E-state index in [2.05, 4.69) is 5.32 Å². The van der Waals surface area contributed by atoms with Gasteiger partial charge in [0.05, 0.1) is 5.69 Å². The molecule has 0 saturated carbocycles. The van der Waals surface area contributed by atoms with Crippen LogP contribution in [0.25, 0.3) is 0 Å². The Hall–Kier alpha value is -2.23. The molecule has 3 N–H and O–H groups in total. The molecule has 4 heteroatoms. The number of para-hydroxylation sites is 2. The lowest BCUT2D eigenvalue weighted by Crippen LogP contribution is -2.26. The van der Waals surface area contributed by atoms with Gasteiger partial charge in [-0.05, 0) is 18.2 Å². The third-order valence-electron chi connectivity index (χ3n) is 2.66. The highest BCUT2D eigenvalue weighted by atomic mass is 16.5. The van der Waals surface area contributed by atoms with E-state index in [-0.39, 0.29) is 11.5 Å². The van der Waals surface area contributed by atoms with Crippen LogP contribution in [0.15, 0.2) is 47.5 Å². The third-order valence-corrected chi connectivity index (χ3v) is 2.66. The Morgan fingerprint density at radius 3 is 3.00 bits per heavy atom. The van der Waals surface area contributed by atoms with Crippen LogP contribution in [-0.2, 0) is 4.79 Å². The van der Waals surface area contributed by atoms with Crippen LogP contribution in [0.2, 0.25) is 0 Å².